The maximum absolute atomic E-state index is 12.7. The summed E-state index contributed by atoms with van der Waals surface area (Å²) in [6.45, 7) is 0.221. The highest BCUT2D eigenvalue weighted by molar-refractivity contribution is 9.10. The average molecular weight is 513 g/mol. The molecule has 27 heavy (non-hydrogen) atoms. The lowest BCUT2D eigenvalue weighted by atomic mass is 10.1. The van der Waals surface area contributed by atoms with Crippen molar-refractivity contribution in [1.82, 2.24) is 4.90 Å². The fourth-order valence-electron chi connectivity index (χ4n) is 2.61. The van der Waals surface area contributed by atoms with Crippen LogP contribution in [0.1, 0.15) is 11.1 Å². The summed E-state index contributed by atoms with van der Waals surface area (Å²) in [7, 11) is 3.09. The maximum Gasteiger partial charge on any atom is 0.293 e. The number of halogens is 2. The van der Waals surface area contributed by atoms with E-state index in [9.17, 15) is 9.59 Å². The second-order valence-electron chi connectivity index (χ2n) is 5.60. The summed E-state index contributed by atoms with van der Waals surface area (Å²) < 4.78 is 12.2. The molecule has 0 aromatic heterocycles. The summed E-state index contributed by atoms with van der Waals surface area (Å²) in [4.78, 5) is 26.7. The predicted octanol–water partition coefficient (Wildman–Crippen LogP) is 5.47. The molecule has 8 heteroatoms. The topological polar surface area (TPSA) is 55.8 Å². The number of ether oxygens (including phenoxy) is 2. The number of carbonyl (C=O) groups is 2. The van der Waals surface area contributed by atoms with Crippen LogP contribution < -0.4 is 9.47 Å². The third-order valence-corrected chi connectivity index (χ3v) is 6.18. The standard InChI is InChI=1S/C19H15Br2NO4S/c1-25-15-8-11(7-14(21)17(15)26-2)9-16-18(23)22(19(24)27-16)10-12-5-3-4-6-13(12)20/h3-9H,10H2,1-2H3/b16-9-. The molecule has 0 spiro atoms. The molecular weight excluding hydrogens is 498 g/mol. The van der Waals surface area contributed by atoms with Gasteiger partial charge in [-0.25, -0.2) is 0 Å². The van der Waals surface area contributed by atoms with Gasteiger partial charge in [-0.15, -0.1) is 0 Å². The minimum atomic E-state index is -0.313. The van der Waals surface area contributed by atoms with E-state index >= 15 is 0 Å². The van der Waals surface area contributed by atoms with Crippen LogP contribution in [0.25, 0.3) is 6.08 Å². The van der Waals surface area contributed by atoms with E-state index in [0.29, 0.717) is 20.9 Å². The van der Waals surface area contributed by atoms with E-state index in [-0.39, 0.29) is 17.7 Å². The molecule has 3 rings (SSSR count). The van der Waals surface area contributed by atoms with Gasteiger partial charge in [0, 0.05) is 4.47 Å². The molecule has 5 nitrogen and oxygen atoms in total. The highest BCUT2D eigenvalue weighted by atomic mass is 79.9. The molecule has 0 N–H and O–H groups in total. The van der Waals surface area contributed by atoms with Gasteiger partial charge >= 0.3 is 0 Å². The van der Waals surface area contributed by atoms with Crippen LogP contribution >= 0.6 is 43.6 Å². The van der Waals surface area contributed by atoms with E-state index in [1.807, 2.05) is 30.3 Å². The summed E-state index contributed by atoms with van der Waals surface area (Å²) in [6.07, 6.45) is 1.68. The van der Waals surface area contributed by atoms with Crippen LogP contribution in [0.2, 0.25) is 0 Å². The monoisotopic (exact) mass is 511 g/mol. The summed E-state index contributed by atoms with van der Waals surface area (Å²) in [5.74, 6) is 0.786. The molecule has 2 amide bonds. The average Bonchev–Trinajstić information content (AvgIpc) is 2.90. The Kier molecular flexibility index (Phi) is 6.29. The Hall–Kier alpha value is -1.77. The van der Waals surface area contributed by atoms with Gasteiger partial charge in [0.2, 0.25) is 0 Å². The highest BCUT2D eigenvalue weighted by Crippen LogP contribution is 2.39. The summed E-state index contributed by atoms with van der Waals surface area (Å²) in [6, 6.07) is 11.1. The van der Waals surface area contributed by atoms with Crippen LogP contribution in [-0.4, -0.2) is 30.3 Å². The first kappa shape index (κ1) is 20.0. The molecule has 0 bridgehead atoms. The van der Waals surface area contributed by atoms with E-state index in [2.05, 4.69) is 31.9 Å². The predicted molar refractivity (Wildman–Crippen MR) is 113 cm³/mol. The molecule has 1 aliphatic rings. The van der Waals surface area contributed by atoms with Gasteiger partial charge in [-0.2, -0.15) is 0 Å². The first-order valence-corrected chi connectivity index (χ1v) is 10.2. The van der Waals surface area contributed by atoms with E-state index in [1.165, 1.54) is 4.90 Å². The zero-order valence-electron chi connectivity index (χ0n) is 14.5. The fraction of sp³-hybridized carbons (Fsp3) is 0.158. The molecule has 0 saturated carbocycles. The van der Waals surface area contributed by atoms with Crippen molar-refractivity contribution in [3.05, 3.63) is 61.4 Å². The number of carbonyl (C=O) groups excluding carboxylic acids is 2. The second-order valence-corrected chi connectivity index (χ2v) is 8.30. The molecule has 1 saturated heterocycles. The van der Waals surface area contributed by atoms with Crippen LogP contribution in [0.3, 0.4) is 0 Å². The molecule has 2 aromatic carbocycles. The normalized spacial score (nSPS) is 15.6. The Morgan fingerprint density at radius 3 is 2.48 bits per heavy atom. The molecule has 0 radical (unpaired) electrons. The zero-order chi connectivity index (χ0) is 19.6. The van der Waals surface area contributed by atoms with Gasteiger partial charge in [-0.05, 0) is 63.1 Å². The van der Waals surface area contributed by atoms with Gasteiger partial charge in [-0.3, -0.25) is 14.5 Å². The van der Waals surface area contributed by atoms with Crippen LogP contribution in [0.5, 0.6) is 11.5 Å². The Morgan fingerprint density at radius 1 is 1.07 bits per heavy atom. The smallest absolute Gasteiger partial charge is 0.293 e. The lowest BCUT2D eigenvalue weighted by Crippen LogP contribution is -2.27. The minimum absolute atomic E-state index is 0.221. The van der Waals surface area contributed by atoms with E-state index in [4.69, 9.17) is 9.47 Å². The number of methoxy groups -OCH3 is 2. The summed E-state index contributed by atoms with van der Waals surface area (Å²) in [5, 5.41) is -0.290. The molecule has 0 unspecified atom stereocenters. The molecule has 1 aliphatic heterocycles. The quantitative estimate of drug-likeness (QED) is 0.497. The summed E-state index contributed by atoms with van der Waals surface area (Å²) >= 11 is 7.81. The highest BCUT2D eigenvalue weighted by Gasteiger charge is 2.35. The van der Waals surface area contributed by atoms with Crippen molar-refractivity contribution in [3.63, 3.8) is 0 Å². The molecule has 2 aromatic rings. The van der Waals surface area contributed by atoms with Crippen molar-refractivity contribution >= 4 is 60.8 Å². The number of thioether (sulfide) groups is 1. The largest absolute Gasteiger partial charge is 0.493 e. The van der Waals surface area contributed by atoms with Crippen LogP contribution in [-0.2, 0) is 11.3 Å². The Balaban J connectivity index is 1.88. The number of hydrogen-bond donors (Lipinski definition) is 0. The van der Waals surface area contributed by atoms with Crippen LogP contribution in [0.4, 0.5) is 4.79 Å². The maximum atomic E-state index is 12.7. The third kappa shape index (κ3) is 4.23. The number of nitrogens with zero attached hydrogens (tertiary/aromatic N) is 1. The van der Waals surface area contributed by atoms with E-state index in [1.54, 1.807) is 26.4 Å². The van der Waals surface area contributed by atoms with Crippen LogP contribution in [0, 0.1) is 0 Å². The Labute approximate surface area is 178 Å². The first-order valence-electron chi connectivity index (χ1n) is 7.85. The number of imide groups is 1. The lowest BCUT2D eigenvalue weighted by Gasteiger charge is -2.13. The number of benzene rings is 2. The summed E-state index contributed by atoms with van der Waals surface area (Å²) in [5.41, 5.74) is 1.60. The lowest BCUT2D eigenvalue weighted by molar-refractivity contribution is -0.123. The minimum Gasteiger partial charge on any atom is -0.493 e. The number of amides is 2. The van der Waals surface area contributed by atoms with Crippen molar-refractivity contribution < 1.29 is 19.1 Å². The van der Waals surface area contributed by atoms with Gasteiger partial charge in [0.25, 0.3) is 11.1 Å². The van der Waals surface area contributed by atoms with Crippen molar-refractivity contribution in [1.29, 1.82) is 0 Å². The van der Waals surface area contributed by atoms with Gasteiger partial charge in [0.05, 0.1) is 30.1 Å². The van der Waals surface area contributed by atoms with Gasteiger partial charge in [0.15, 0.2) is 11.5 Å². The fourth-order valence-corrected chi connectivity index (χ4v) is 4.48. The second kappa shape index (κ2) is 8.50. The number of hydrogen-bond acceptors (Lipinski definition) is 5. The molecule has 0 atom stereocenters. The molecule has 1 fully saturated rings. The Bertz CT molecular complexity index is 945. The van der Waals surface area contributed by atoms with Crippen molar-refractivity contribution in [2.75, 3.05) is 14.2 Å². The molecular formula is C19H15Br2NO4S. The van der Waals surface area contributed by atoms with Crippen molar-refractivity contribution in [2.24, 2.45) is 0 Å². The molecule has 0 aliphatic carbocycles. The first-order chi connectivity index (χ1) is 12.9. The van der Waals surface area contributed by atoms with Gasteiger partial charge < -0.3 is 9.47 Å². The number of rotatable bonds is 5. The van der Waals surface area contributed by atoms with E-state index in [0.717, 1.165) is 27.4 Å². The van der Waals surface area contributed by atoms with E-state index < -0.39 is 0 Å². The van der Waals surface area contributed by atoms with Gasteiger partial charge in [0.1, 0.15) is 0 Å². The van der Waals surface area contributed by atoms with Crippen LogP contribution in [0.15, 0.2) is 50.2 Å². The SMILES string of the molecule is COc1cc(/C=C2\SC(=O)N(Cc3ccccc3Br)C2=O)cc(Br)c1OC. The molecule has 140 valence electrons. The van der Waals surface area contributed by atoms with Crippen molar-refractivity contribution in [2.45, 2.75) is 6.54 Å². The zero-order valence-corrected chi connectivity index (χ0v) is 18.5. The van der Waals surface area contributed by atoms with Crippen molar-refractivity contribution in [3.8, 4) is 11.5 Å². The molecule has 1 heterocycles. The Morgan fingerprint density at radius 2 is 1.81 bits per heavy atom. The van der Waals surface area contributed by atoms with Gasteiger partial charge in [-0.1, -0.05) is 34.1 Å². The third-order valence-electron chi connectivity index (χ3n) is 3.91.